The number of carboxylic acids is 1. The molecule has 0 aliphatic rings. The predicted molar refractivity (Wildman–Crippen MR) is 56.9 cm³/mol. The molecule has 0 aromatic carbocycles. The average molecular weight is 219 g/mol. The van der Waals surface area contributed by atoms with Gasteiger partial charge < -0.3 is 20.3 Å². The van der Waals surface area contributed by atoms with Gasteiger partial charge in [-0.1, -0.05) is 0 Å². The standard InChI is InChI=1S/C10H21NO4/c1-15-8-9(12)5-7-11-6-3-2-4-10(13)14/h9,11-12H,2-8H2,1H3,(H,13,14). The highest BCUT2D eigenvalue weighted by Gasteiger charge is 2.01. The van der Waals surface area contributed by atoms with E-state index < -0.39 is 12.1 Å². The molecule has 1 unspecified atom stereocenters. The second-order valence-corrected chi connectivity index (χ2v) is 3.50. The summed E-state index contributed by atoms with van der Waals surface area (Å²) in [5, 5.41) is 20.8. The van der Waals surface area contributed by atoms with Crippen LogP contribution in [0.25, 0.3) is 0 Å². The van der Waals surface area contributed by atoms with Gasteiger partial charge in [-0.3, -0.25) is 4.79 Å². The molecule has 0 aliphatic heterocycles. The number of aliphatic hydroxyl groups is 1. The summed E-state index contributed by atoms with van der Waals surface area (Å²) in [6, 6.07) is 0. The molecular weight excluding hydrogens is 198 g/mol. The lowest BCUT2D eigenvalue weighted by Crippen LogP contribution is -2.24. The van der Waals surface area contributed by atoms with E-state index in [1.165, 1.54) is 0 Å². The van der Waals surface area contributed by atoms with Crippen molar-refractivity contribution >= 4 is 5.97 Å². The molecule has 0 aromatic heterocycles. The summed E-state index contributed by atoms with van der Waals surface area (Å²) in [6.07, 6.45) is 2.03. The lowest BCUT2D eigenvalue weighted by molar-refractivity contribution is -0.137. The molecule has 5 heteroatoms. The molecule has 1 atom stereocenters. The molecule has 3 N–H and O–H groups in total. The van der Waals surface area contributed by atoms with Gasteiger partial charge in [0.15, 0.2) is 0 Å². The third-order valence-electron chi connectivity index (χ3n) is 2.01. The van der Waals surface area contributed by atoms with Crippen LogP contribution in [0.1, 0.15) is 25.7 Å². The van der Waals surface area contributed by atoms with E-state index in [9.17, 15) is 9.90 Å². The number of aliphatic carboxylic acids is 1. The first-order valence-electron chi connectivity index (χ1n) is 5.26. The fourth-order valence-electron chi connectivity index (χ4n) is 1.20. The highest BCUT2D eigenvalue weighted by molar-refractivity contribution is 5.66. The Morgan fingerprint density at radius 2 is 2.13 bits per heavy atom. The first-order chi connectivity index (χ1) is 7.16. The maximum Gasteiger partial charge on any atom is 0.303 e. The Labute approximate surface area is 90.4 Å². The molecule has 15 heavy (non-hydrogen) atoms. The summed E-state index contributed by atoms with van der Waals surface area (Å²) < 4.78 is 4.78. The summed E-state index contributed by atoms with van der Waals surface area (Å²) in [5.74, 6) is -0.745. The molecule has 0 heterocycles. The second kappa shape index (κ2) is 9.89. The third-order valence-corrected chi connectivity index (χ3v) is 2.01. The number of carbonyl (C=O) groups is 1. The minimum absolute atomic E-state index is 0.230. The first kappa shape index (κ1) is 14.3. The molecule has 0 saturated heterocycles. The Morgan fingerprint density at radius 1 is 1.40 bits per heavy atom. The SMILES string of the molecule is COCC(O)CCNCCCCC(=O)O. The van der Waals surface area contributed by atoms with Gasteiger partial charge in [-0.15, -0.1) is 0 Å². The first-order valence-corrected chi connectivity index (χ1v) is 5.26. The largest absolute Gasteiger partial charge is 0.481 e. The van der Waals surface area contributed by atoms with Gasteiger partial charge in [0.1, 0.15) is 0 Å². The van der Waals surface area contributed by atoms with Crippen LogP contribution in [-0.2, 0) is 9.53 Å². The molecular formula is C10H21NO4. The Morgan fingerprint density at radius 3 is 2.73 bits per heavy atom. The van der Waals surface area contributed by atoms with Crippen LogP contribution in [0.3, 0.4) is 0 Å². The van der Waals surface area contributed by atoms with Crippen molar-refractivity contribution in [1.82, 2.24) is 5.32 Å². The van der Waals surface area contributed by atoms with Crippen molar-refractivity contribution in [2.75, 3.05) is 26.8 Å². The van der Waals surface area contributed by atoms with Crippen LogP contribution in [0.5, 0.6) is 0 Å². The molecule has 0 saturated carbocycles. The maximum absolute atomic E-state index is 10.2. The zero-order valence-electron chi connectivity index (χ0n) is 9.24. The van der Waals surface area contributed by atoms with Crippen LogP contribution in [-0.4, -0.2) is 49.1 Å². The van der Waals surface area contributed by atoms with Gasteiger partial charge in [-0.25, -0.2) is 0 Å². The zero-order chi connectivity index (χ0) is 11.5. The molecule has 0 amide bonds. The number of nitrogens with one attached hydrogen (secondary N) is 1. The van der Waals surface area contributed by atoms with Crippen LogP contribution in [0, 0.1) is 0 Å². The second-order valence-electron chi connectivity index (χ2n) is 3.50. The molecule has 0 spiro atoms. The molecule has 90 valence electrons. The van der Waals surface area contributed by atoms with E-state index >= 15 is 0 Å². The van der Waals surface area contributed by atoms with Crippen molar-refractivity contribution < 1.29 is 19.7 Å². The Bertz CT molecular complexity index is 164. The number of carboxylic acid groups (broad SMARTS) is 1. The molecule has 0 radical (unpaired) electrons. The van der Waals surface area contributed by atoms with Crippen molar-refractivity contribution in [3.63, 3.8) is 0 Å². The van der Waals surface area contributed by atoms with E-state index in [-0.39, 0.29) is 6.42 Å². The summed E-state index contributed by atoms with van der Waals surface area (Å²) in [7, 11) is 1.56. The lowest BCUT2D eigenvalue weighted by atomic mass is 10.2. The van der Waals surface area contributed by atoms with Crippen molar-refractivity contribution in [1.29, 1.82) is 0 Å². The van der Waals surface area contributed by atoms with Crippen molar-refractivity contribution in [3.05, 3.63) is 0 Å². The van der Waals surface area contributed by atoms with E-state index in [1.807, 2.05) is 0 Å². The zero-order valence-corrected chi connectivity index (χ0v) is 9.24. The van der Waals surface area contributed by atoms with Crippen LogP contribution in [0.2, 0.25) is 0 Å². The minimum Gasteiger partial charge on any atom is -0.481 e. The van der Waals surface area contributed by atoms with Gasteiger partial charge in [0, 0.05) is 13.5 Å². The van der Waals surface area contributed by atoms with Crippen LogP contribution < -0.4 is 5.32 Å². The molecule has 0 fully saturated rings. The van der Waals surface area contributed by atoms with Crippen LogP contribution in [0.15, 0.2) is 0 Å². The minimum atomic E-state index is -0.745. The van der Waals surface area contributed by atoms with Crippen molar-refractivity contribution in [2.24, 2.45) is 0 Å². The van der Waals surface area contributed by atoms with Crippen molar-refractivity contribution in [3.8, 4) is 0 Å². The normalized spacial score (nSPS) is 12.7. The number of unbranched alkanes of at least 4 members (excludes halogenated alkanes) is 1. The van der Waals surface area contributed by atoms with Gasteiger partial charge in [0.2, 0.25) is 0 Å². The molecule has 0 bridgehead atoms. The fraction of sp³-hybridized carbons (Fsp3) is 0.900. The Hall–Kier alpha value is -0.650. The predicted octanol–water partition coefficient (Wildman–Crippen LogP) is 0.228. The van der Waals surface area contributed by atoms with E-state index in [0.717, 1.165) is 19.5 Å². The number of ether oxygens (including phenoxy) is 1. The molecule has 0 aliphatic carbocycles. The number of rotatable bonds is 10. The average Bonchev–Trinajstić information content (AvgIpc) is 2.16. The van der Waals surface area contributed by atoms with E-state index in [2.05, 4.69) is 5.32 Å². The number of hydrogen-bond donors (Lipinski definition) is 3. The summed E-state index contributed by atoms with van der Waals surface area (Å²) in [5.41, 5.74) is 0. The van der Waals surface area contributed by atoms with Crippen molar-refractivity contribution in [2.45, 2.75) is 31.8 Å². The smallest absolute Gasteiger partial charge is 0.303 e. The number of methoxy groups -OCH3 is 1. The fourth-order valence-corrected chi connectivity index (χ4v) is 1.20. The van der Waals surface area contributed by atoms with Crippen LogP contribution >= 0.6 is 0 Å². The van der Waals surface area contributed by atoms with Gasteiger partial charge >= 0.3 is 5.97 Å². The monoisotopic (exact) mass is 219 g/mol. The number of hydrogen-bond acceptors (Lipinski definition) is 4. The Kier molecular flexibility index (Phi) is 9.46. The van der Waals surface area contributed by atoms with E-state index in [4.69, 9.17) is 9.84 Å². The number of aliphatic hydroxyl groups excluding tert-OH is 1. The third kappa shape index (κ3) is 11.3. The summed E-state index contributed by atoms with van der Waals surface area (Å²) >= 11 is 0. The van der Waals surface area contributed by atoms with E-state index in [0.29, 0.717) is 19.4 Å². The lowest BCUT2D eigenvalue weighted by Gasteiger charge is -2.09. The van der Waals surface area contributed by atoms with Gasteiger partial charge in [-0.2, -0.15) is 0 Å². The molecule has 0 aromatic rings. The maximum atomic E-state index is 10.2. The molecule has 0 rings (SSSR count). The topological polar surface area (TPSA) is 78.8 Å². The molecule has 5 nitrogen and oxygen atoms in total. The summed E-state index contributed by atoms with van der Waals surface area (Å²) in [6.45, 7) is 1.89. The highest BCUT2D eigenvalue weighted by Crippen LogP contribution is 1.94. The van der Waals surface area contributed by atoms with Gasteiger partial charge in [-0.05, 0) is 32.4 Å². The summed E-state index contributed by atoms with van der Waals surface area (Å²) in [4.78, 5) is 10.2. The van der Waals surface area contributed by atoms with Gasteiger partial charge in [0.25, 0.3) is 0 Å². The van der Waals surface area contributed by atoms with E-state index in [1.54, 1.807) is 7.11 Å². The highest BCUT2D eigenvalue weighted by atomic mass is 16.5. The Balaban J connectivity index is 3.07. The quantitative estimate of drug-likeness (QED) is 0.458. The van der Waals surface area contributed by atoms with Gasteiger partial charge in [0.05, 0.1) is 12.7 Å². The van der Waals surface area contributed by atoms with Crippen LogP contribution in [0.4, 0.5) is 0 Å².